The Labute approximate surface area is 120 Å². The number of amides is 1. The quantitative estimate of drug-likeness (QED) is 0.883. The molecule has 2 aromatic heterocycles. The molecule has 3 rings (SSSR count). The van der Waals surface area contributed by atoms with Crippen molar-refractivity contribution in [1.82, 2.24) is 24.5 Å². The number of carbonyl (C=O) groups is 2. The number of carboxylic acid groups (broad SMARTS) is 1. The van der Waals surface area contributed by atoms with Gasteiger partial charge in [-0.2, -0.15) is 10.1 Å². The maximum Gasteiger partial charge on any atom is 0.305 e. The third-order valence-electron chi connectivity index (χ3n) is 3.83. The van der Waals surface area contributed by atoms with Crippen LogP contribution in [0.3, 0.4) is 0 Å². The predicted octanol–water partition coefficient (Wildman–Crippen LogP) is 0.512. The molecule has 1 N–H and O–H groups in total. The molecule has 21 heavy (non-hydrogen) atoms. The van der Waals surface area contributed by atoms with Crippen LogP contribution in [-0.4, -0.2) is 54.1 Å². The molecule has 0 spiro atoms. The summed E-state index contributed by atoms with van der Waals surface area (Å²) >= 11 is 0. The Morgan fingerprint density at radius 1 is 1.43 bits per heavy atom. The van der Waals surface area contributed by atoms with E-state index in [1.54, 1.807) is 11.8 Å². The first kappa shape index (κ1) is 13.5. The van der Waals surface area contributed by atoms with Gasteiger partial charge in [0.05, 0.1) is 17.7 Å². The van der Waals surface area contributed by atoms with Gasteiger partial charge in [0, 0.05) is 18.8 Å². The van der Waals surface area contributed by atoms with E-state index >= 15 is 0 Å². The summed E-state index contributed by atoms with van der Waals surface area (Å²) in [6.45, 7) is 2.35. The molecular formula is C13H15N5O3. The van der Waals surface area contributed by atoms with Gasteiger partial charge in [0.2, 0.25) is 0 Å². The number of fused-ring (bicyclic) bond motifs is 1. The van der Waals surface area contributed by atoms with Crippen LogP contribution < -0.4 is 0 Å². The molecule has 1 fully saturated rings. The first-order chi connectivity index (χ1) is 10.1. The van der Waals surface area contributed by atoms with Crippen LogP contribution >= 0.6 is 0 Å². The molecule has 1 amide bonds. The minimum absolute atomic E-state index is 0.0240. The number of hydrogen-bond donors (Lipinski definition) is 1. The Balaban J connectivity index is 1.92. The lowest BCUT2D eigenvalue weighted by atomic mass is 10.1. The molecular weight excluding hydrogens is 274 g/mol. The SMILES string of the molecule is Cc1c(C(=O)N2CCCC2CC(=O)O)cnc2ncnn12. The summed E-state index contributed by atoms with van der Waals surface area (Å²) in [5.41, 5.74) is 1.09. The van der Waals surface area contributed by atoms with Crippen LogP contribution in [0.2, 0.25) is 0 Å². The molecule has 0 saturated carbocycles. The van der Waals surface area contributed by atoms with Crippen molar-refractivity contribution in [3.05, 3.63) is 23.8 Å². The lowest BCUT2D eigenvalue weighted by Gasteiger charge is -2.24. The Morgan fingerprint density at radius 3 is 3.00 bits per heavy atom. The molecule has 3 heterocycles. The van der Waals surface area contributed by atoms with Crippen LogP contribution in [-0.2, 0) is 4.79 Å². The van der Waals surface area contributed by atoms with E-state index in [2.05, 4.69) is 15.1 Å². The van der Waals surface area contributed by atoms with Crippen molar-refractivity contribution in [3.63, 3.8) is 0 Å². The second-order valence-electron chi connectivity index (χ2n) is 5.12. The molecule has 1 saturated heterocycles. The van der Waals surface area contributed by atoms with E-state index < -0.39 is 5.97 Å². The van der Waals surface area contributed by atoms with E-state index in [0.29, 0.717) is 23.6 Å². The Bertz CT molecular complexity index is 711. The molecule has 0 radical (unpaired) electrons. The second kappa shape index (κ2) is 5.12. The van der Waals surface area contributed by atoms with E-state index in [-0.39, 0.29) is 18.4 Å². The number of likely N-dealkylation sites (tertiary alicyclic amines) is 1. The van der Waals surface area contributed by atoms with Crippen molar-refractivity contribution >= 4 is 17.7 Å². The van der Waals surface area contributed by atoms with E-state index in [1.807, 2.05) is 0 Å². The van der Waals surface area contributed by atoms with Gasteiger partial charge in [0.25, 0.3) is 11.7 Å². The normalized spacial score (nSPS) is 18.3. The smallest absolute Gasteiger partial charge is 0.305 e. The maximum absolute atomic E-state index is 12.7. The maximum atomic E-state index is 12.7. The molecule has 0 aromatic carbocycles. The molecule has 1 unspecified atom stereocenters. The van der Waals surface area contributed by atoms with Gasteiger partial charge in [0.15, 0.2) is 0 Å². The lowest BCUT2D eigenvalue weighted by Crippen LogP contribution is -2.37. The average Bonchev–Trinajstić information content (AvgIpc) is 3.06. The van der Waals surface area contributed by atoms with Crippen LogP contribution in [0.4, 0.5) is 0 Å². The van der Waals surface area contributed by atoms with E-state index in [0.717, 1.165) is 12.8 Å². The highest BCUT2D eigenvalue weighted by atomic mass is 16.4. The highest BCUT2D eigenvalue weighted by Gasteiger charge is 2.32. The second-order valence-corrected chi connectivity index (χ2v) is 5.12. The zero-order valence-corrected chi connectivity index (χ0v) is 11.6. The predicted molar refractivity (Wildman–Crippen MR) is 71.8 cm³/mol. The first-order valence-electron chi connectivity index (χ1n) is 6.76. The molecule has 1 aliphatic rings. The summed E-state index contributed by atoms with van der Waals surface area (Å²) in [6.07, 6.45) is 4.38. The Morgan fingerprint density at radius 2 is 2.24 bits per heavy atom. The fraction of sp³-hybridized carbons (Fsp3) is 0.462. The average molecular weight is 289 g/mol. The molecule has 8 nitrogen and oxygen atoms in total. The minimum atomic E-state index is -0.888. The number of aliphatic carboxylic acids is 1. The van der Waals surface area contributed by atoms with Gasteiger partial charge >= 0.3 is 5.97 Å². The van der Waals surface area contributed by atoms with Gasteiger partial charge in [-0.05, 0) is 19.8 Å². The van der Waals surface area contributed by atoms with Crippen LogP contribution in [0.15, 0.2) is 12.5 Å². The summed E-state index contributed by atoms with van der Waals surface area (Å²) in [4.78, 5) is 33.3. The molecule has 1 aliphatic heterocycles. The van der Waals surface area contributed by atoms with Crippen molar-refractivity contribution in [1.29, 1.82) is 0 Å². The van der Waals surface area contributed by atoms with E-state index in [1.165, 1.54) is 17.0 Å². The highest BCUT2D eigenvalue weighted by molar-refractivity contribution is 5.95. The van der Waals surface area contributed by atoms with Gasteiger partial charge in [-0.15, -0.1) is 0 Å². The fourth-order valence-electron chi connectivity index (χ4n) is 2.77. The standard InChI is InChI=1S/C13H15N5O3/c1-8-10(6-14-13-15-7-16-18(8)13)12(21)17-4-2-3-9(17)5-11(19)20/h6-7,9H,2-5H2,1H3,(H,19,20). The fourth-order valence-corrected chi connectivity index (χ4v) is 2.77. The molecule has 1 atom stereocenters. The van der Waals surface area contributed by atoms with Crippen LogP contribution in [0.25, 0.3) is 5.78 Å². The Hall–Kier alpha value is -2.51. The number of carboxylic acids is 1. The van der Waals surface area contributed by atoms with Crippen molar-refractivity contribution < 1.29 is 14.7 Å². The van der Waals surface area contributed by atoms with Gasteiger partial charge in [-0.3, -0.25) is 9.59 Å². The van der Waals surface area contributed by atoms with Gasteiger partial charge < -0.3 is 10.0 Å². The summed E-state index contributed by atoms with van der Waals surface area (Å²) < 4.78 is 1.51. The molecule has 2 aromatic rings. The first-order valence-corrected chi connectivity index (χ1v) is 6.76. The van der Waals surface area contributed by atoms with Gasteiger partial charge in [-0.1, -0.05) is 0 Å². The summed E-state index contributed by atoms with van der Waals surface area (Å²) in [5.74, 6) is -0.644. The molecule has 110 valence electrons. The number of carbonyl (C=O) groups excluding carboxylic acids is 1. The van der Waals surface area contributed by atoms with Crippen molar-refractivity contribution in [2.45, 2.75) is 32.2 Å². The van der Waals surface area contributed by atoms with Gasteiger partial charge in [0.1, 0.15) is 6.33 Å². The van der Waals surface area contributed by atoms with Crippen molar-refractivity contribution in [2.24, 2.45) is 0 Å². The lowest BCUT2D eigenvalue weighted by molar-refractivity contribution is -0.137. The van der Waals surface area contributed by atoms with Crippen molar-refractivity contribution in [3.8, 4) is 0 Å². The Kier molecular flexibility index (Phi) is 3.28. The third-order valence-corrected chi connectivity index (χ3v) is 3.83. The summed E-state index contributed by atoms with van der Waals surface area (Å²) in [7, 11) is 0. The largest absolute Gasteiger partial charge is 0.481 e. The minimum Gasteiger partial charge on any atom is -0.481 e. The number of aryl methyl sites for hydroxylation is 1. The van der Waals surface area contributed by atoms with E-state index in [9.17, 15) is 9.59 Å². The molecule has 0 bridgehead atoms. The van der Waals surface area contributed by atoms with Gasteiger partial charge in [-0.25, -0.2) is 9.50 Å². The zero-order chi connectivity index (χ0) is 15.0. The third kappa shape index (κ3) is 2.32. The summed E-state index contributed by atoms with van der Waals surface area (Å²) in [6, 6.07) is -0.249. The topological polar surface area (TPSA) is 101 Å². The van der Waals surface area contributed by atoms with E-state index in [4.69, 9.17) is 5.11 Å². The summed E-state index contributed by atoms with van der Waals surface area (Å²) in [5, 5.41) is 13.0. The number of rotatable bonds is 3. The van der Waals surface area contributed by atoms with Crippen LogP contribution in [0, 0.1) is 6.92 Å². The number of aromatic nitrogens is 4. The molecule has 0 aliphatic carbocycles. The van der Waals surface area contributed by atoms with Crippen LogP contribution in [0.1, 0.15) is 35.3 Å². The zero-order valence-electron chi connectivity index (χ0n) is 11.6. The number of hydrogen-bond acceptors (Lipinski definition) is 5. The monoisotopic (exact) mass is 289 g/mol. The van der Waals surface area contributed by atoms with Crippen LogP contribution in [0.5, 0.6) is 0 Å². The number of nitrogens with zero attached hydrogens (tertiary/aromatic N) is 5. The molecule has 8 heteroatoms. The highest BCUT2D eigenvalue weighted by Crippen LogP contribution is 2.23. The van der Waals surface area contributed by atoms with Crippen molar-refractivity contribution in [2.75, 3.05) is 6.54 Å².